The van der Waals surface area contributed by atoms with Crippen LogP contribution in [0.15, 0.2) is 18.2 Å². The Morgan fingerprint density at radius 3 is 2.95 bits per heavy atom. The minimum atomic E-state index is -0.160. The van der Waals surface area contributed by atoms with Gasteiger partial charge in [-0.2, -0.15) is 11.8 Å². The third-order valence-electron chi connectivity index (χ3n) is 3.77. The Labute approximate surface area is 133 Å². The van der Waals surface area contributed by atoms with Crippen molar-refractivity contribution in [2.75, 3.05) is 36.5 Å². The van der Waals surface area contributed by atoms with E-state index in [1.54, 1.807) is 0 Å². The summed E-state index contributed by atoms with van der Waals surface area (Å²) in [6.45, 7) is 3.56. The second kappa shape index (κ2) is 6.48. The molecular weight excluding hydrogens is 302 g/mol. The number of rotatable bonds is 2. The zero-order valence-corrected chi connectivity index (χ0v) is 13.2. The molecule has 0 aromatic heterocycles. The first-order valence-electron chi connectivity index (χ1n) is 7.33. The predicted octanol–water partition coefficient (Wildman–Crippen LogP) is 1.84. The summed E-state index contributed by atoms with van der Waals surface area (Å²) in [6.07, 6.45) is 0. The number of anilines is 1. The van der Waals surface area contributed by atoms with E-state index in [4.69, 9.17) is 4.74 Å². The highest BCUT2D eigenvalue weighted by molar-refractivity contribution is 7.99. The highest BCUT2D eigenvalue weighted by Crippen LogP contribution is 2.30. The van der Waals surface area contributed by atoms with Gasteiger partial charge in [0.25, 0.3) is 5.91 Å². The Balaban J connectivity index is 1.67. The smallest absolute Gasteiger partial charge is 0.317 e. The van der Waals surface area contributed by atoms with Gasteiger partial charge in [-0.1, -0.05) is 6.07 Å². The summed E-state index contributed by atoms with van der Waals surface area (Å²) in [4.78, 5) is 25.5. The summed E-state index contributed by atoms with van der Waals surface area (Å²) < 4.78 is 5.34. The van der Waals surface area contributed by atoms with Crippen molar-refractivity contribution in [2.24, 2.45) is 0 Å². The predicted molar refractivity (Wildman–Crippen MR) is 86.4 cm³/mol. The molecule has 3 amide bonds. The van der Waals surface area contributed by atoms with E-state index < -0.39 is 0 Å². The summed E-state index contributed by atoms with van der Waals surface area (Å²) in [5.41, 5.74) is 1.59. The molecule has 0 saturated carbocycles. The molecule has 1 fully saturated rings. The van der Waals surface area contributed by atoms with Crippen molar-refractivity contribution in [3.8, 4) is 5.75 Å². The molecule has 2 heterocycles. The molecule has 0 aliphatic carbocycles. The van der Waals surface area contributed by atoms with Crippen molar-refractivity contribution in [2.45, 2.75) is 13.0 Å². The molecule has 2 N–H and O–H groups in total. The van der Waals surface area contributed by atoms with Gasteiger partial charge in [0, 0.05) is 24.6 Å². The molecule has 2 aliphatic heterocycles. The Morgan fingerprint density at radius 1 is 1.41 bits per heavy atom. The van der Waals surface area contributed by atoms with Crippen LogP contribution in [0.1, 0.15) is 18.5 Å². The number of ether oxygens (including phenoxy) is 1. The molecule has 7 heteroatoms. The molecule has 118 valence electrons. The summed E-state index contributed by atoms with van der Waals surface area (Å²) in [5, 5.41) is 5.79. The summed E-state index contributed by atoms with van der Waals surface area (Å²) in [6, 6.07) is 5.41. The maximum Gasteiger partial charge on any atom is 0.317 e. The lowest BCUT2D eigenvalue weighted by Crippen LogP contribution is -2.45. The topological polar surface area (TPSA) is 70.7 Å². The van der Waals surface area contributed by atoms with Crippen LogP contribution in [-0.4, -0.2) is 48.0 Å². The van der Waals surface area contributed by atoms with Gasteiger partial charge in [-0.15, -0.1) is 0 Å². The van der Waals surface area contributed by atoms with E-state index in [0.717, 1.165) is 30.2 Å². The van der Waals surface area contributed by atoms with Gasteiger partial charge in [0.2, 0.25) is 0 Å². The highest BCUT2D eigenvalue weighted by atomic mass is 32.2. The number of thioether (sulfide) groups is 1. The molecule has 22 heavy (non-hydrogen) atoms. The second-order valence-electron chi connectivity index (χ2n) is 5.36. The first-order valence-corrected chi connectivity index (χ1v) is 8.49. The molecule has 0 bridgehead atoms. The van der Waals surface area contributed by atoms with Gasteiger partial charge in [0.1, 0.15) is 5.75 Å². The molecule has 3 rings (SSSR count). The van der Waals surface area contributed by atoms with Crippen LogP contribution >= 0.6 is 11.8 Å². The molecule has 1 aromatic carbocycles. The Hall–Kier alpha value is -1.89. The lowest BCUT2D eigenvalue weighted by molar-refractivity contribution is -0.118. The number of hydrogen-bond donors (Lipinski definition) is 2. The summed E-state index contributed by atoms with van der Waals surface area (Å²) >= 11 is 1.87. The van der Waals surface area contributed by atoms with Crippen LogP contribution in [0, 0.1) is 0 Å². The van der Waals surface area contributed by atoms with E-state index in [9.17, 15) is 9.59 Å². The molecular formula is C15H19N3O3S. The van der Waals surface area contributed by atoms with Crippen LogP contribution in [0.25, 0.3) is 0 Å². The van der Waals surface area contributed by atoms with Gasteiger partial charge >= 0.3 is 6.03 Å². The SMILES string of the molecule is CC(NC(=O)N1CCSCC1)c1ccc2c(c1)NC(=O)CO2. The first-order chi connectivity index (χ1) is 10.6. The number of nitrogens with zero attached hydrogens (tertiary/aromatic N) is 1. The Morgan fingerprint density at radius 2 is 2.18 bits per heavy atom. The summed E-state index contributed by atoms with van der Waals surface area (Å²) in [5.74, 6) is 2.48. The van der Waals surface area contributed by atoms with Crippen LogP contribution in [0.5, 0.6) is 5.75 Å². The van der Waals surface area contributed by atoms with Crippen molar-refractivity contribution >= 4 is 29.4 Å². The molecule has 0 spiro atoms. The van der Waals surface area contributed by atoms with Crippen molar-refractivity contribution in [3.63, 3.8) is 0 Å². The quantitative estimate of drug-likeness (QED) is 0.872. The fraction of sp³-hybridized carbons (Fsp3) is 0.467. The van der Waals surface area contributed by atoms with Crippen molar-refractivity contribution in [3.05, 3.63) is 23.8 Å². The molecule has 1 unspecified atom stereocenters. The number of urea groups is 1. The fourth-order valence-electron chi connectivity index (χ4n) is 2.50. The second-order valence-corrected chi connectivity index (χ2v) is 6.59. The van der Waals surface area contributed by atoms with Gasteiger partial charge in [0.15, 0.2) is 6.61 Å². The number of benzene rings is 1. The van der Waals surface area contributed by atoms with Gasteiger partial charge < -0.3 is 20.3 Å². The Kier molecular flexibility index (Phi) is 4.42. The number of fused-ring (bicyclic) bond motifs is 1. The maximum atomic E-state index is 12.2. The molecule has 1 atom stereocenters. The fourth-order valence-corrected chi connectivity index (χ4v) is 3.40. The lowest BCUT2D eigenvalue weighted by Gasteiger charge is -2.28. The third kappa shape index (κ3) is 3.30. The third-order valence-corrected chi connectivity index (χ3v) is 4.72. The minimum absolute atomic E-state index is 0.0363. The monoisotopic (exact) mass is 321 g/mol. The van der Waals surface area contributed by atoms with Crippen LogP contribution in [0.4, 0.5) is 10.5 Å². The van der Waals surface area contributed by atoms with E-state index in [-0.39, 0.29) is 24.6 Å². The van der Waals surface area contributed by atoms with Gasteiger partial charge in [-0.25, -0.2) is 4.79 Å². The average molecular weight is 321 g/mol. The number of hydrogen-bond acceptors (Lipinski definition) is 4. The highest BCUT2D eigenvalue weighted by Gasteiger charge is 2.21. The van der Waals surface area contributed by atoms with E-state index in [2.05, 4.69) is 10.6 Å². The largest absolute Gasteiger partial charge is 0.482 e. The maximum absolute atomic E-state index is 12.2. The van der Waals surface area contributed by atoms with Crippen LogP contribution in [0.3, 0.4) is 0 Å². The zero-order chi connectivity index (χ0) is 15.5. The standard InChI is InChI=1S/C15H19N3O3S/c1-10(16-15(20)18-4-6-22-7-5-18)11-2-3-13-12(8-11)17-14(19)9-21-13/h2-3,8,10H,4-7,9H2,1H3,(H,16,20)(H,17,19). The van der Waals surface area contributed by atoms with Crippen LogP contribution in [0.2, 0.25) is 0 Å². The number of carbonyl (C=O) groups excluding carboxylic acids is 2. The van der Waals surface area contributed by atoms with Crippen LogP contribution in [-0.2, 0) is 4.79 Å². The molecule has 1 saturated heterocycles. The van der Waals surface area contributed by atoms with Gasteiger partial charge in [0.05, 0.1) is 11.7 Å². The minimum Gasteiger partial charge on any atom is -0.482 e. The van der Waals surface area contributed by atoms with E-state index >= 15 is 0 Å². The number of amides is 3. The van der Waals surface area contributed by atoms with Gasteiger partial charge in [-0.05, 0) is 24.6 Å². The molecule has 1 aromatic rings. The van der Waals surface area contributed by atoms with E-state index in [1.807, 2.05) is 41.8 Å². The van der Waals surface area contributed by atoms with Crippen molar-refractivity contribution < 1.29 is 14.3 Å². The average Bonchev–Trinajstić information content (AvgIpc) is 2.54. The lowest BCUT2D eigenvalue weighted by atomic mass is 10.1. The molecule has 0 radical (unpaired) electrons. The molecule has 6 nitrogen and oxygen atoms in total. The molecule has 2 aliphatic rings. The normalized spacial score (nSPS) is 18.8. The van der Waals surface area contributed by atoms with Crippen molar-refractivity contribution in [1.82, 2.24) is 10.2 Å². The first kappa shape index (κ1) is 15.0. The Bertz CT molecular complexity index is 587. The van der Waals surface area contributed by atoms with E-state index in [1.165, 1.54) is 0 Å². The van der Waals surface area contributed by atoms with Gasteiger partial charge in [-0.3, -0.25) is 4.79 Å². The summed E-state index contributed by atoms with van der Waals surface area (Å²) in [7, 11) is 0. The van der Waals surface area contributed by atoms with Crippen molar-refractivity contribution in [1.29, 1.82) is 0 Å². The van der Waals surface area contributed by atoms with E-state index in [0.29, 0.717) is 11.4 Å². The zero-order valence-electron chi connectivity index (χ0n) is 12.4. The number of carbonyl (C=O) groups is 2. The van der Waals surface area contributed by atoms with Crippen LogP contribution < -0.4 is 15.4 Å². The number of nitrogens with one attached hydrogen (secondary N) is 2.